The van der Waals surface area contributed by atoms with Crippen LogP contribution in [0, 0.1) is 28.7 Å². The number of fused-ring (bicyclic) bond motifs is 1. The molecule has 1 aromatic heterocycles. The van der Waals surface area contributed by atoms with Crippen molar-refractivity contribution in [3.8, 4) is 74.0 Å². The second-order valence-corrected chi connectivity index (χ2v) is 17.7. The molecule has 0 fully saturated rings. The number of nitro benzene ring substituents is 1. The van der Waals surface area contributed by atoms with Gasteiger partial charge in [-0.05, 0) is 120 Å². The minimum absolute atomic E-state index is 0.00881. The van der Waals surface area contributed by atoms with Gasteiger partial charge in [-0.15, -0.1) is 0 Å². The third-order valence-corrected chi connectivity index (χ3v) is 11.8. The molecule has 1 heterocycles. The molecule has 0 aliphatic heterocycles. The van der Waals surface area contributed by atoms with Gasteiger partial charge in [0.15, 0.2) is 45.7 Å². The number of carbonyl (C=O) groups excluding carboxylic acids is 2. The van der Waals surface area contributed by atoms with E-state index in [0.717, 1.165) is 42.0 Å². The zero-order chi connectivity index (χ0) is 61.4. The maximum atomic E-state index is 13.5. The molecule has 9 rings (SSSR count). The van der Waals surface area contributed by atoms with Gasteiger partial charge in [-0.3, -0.25) is 24.5 Å². The first-order valence-corrected chi connectivity index (χ1v) is 24.4. The molecule has 0 unspecified atom stereocenters. The molecule has 84 heavy (non-hydrogen) atoms. The number of hydrogen-bond donors (Lipinski definition) is 9. The number of phenolic OH excluding ortho intramolecular Hbond substituents is 6. The summed E-state index contributed by atoms with van der Waals surface area (Å²) in [5, 5.41) is 95.7. The van der Waals surface area contributed by atoms with Crippen LogP contribution in [0.3, 0.4) is 0 Å². The van der Waals surface area contributed by atoms with Gasteiger partial charge in [-0.25, -0.2) is 13.6 Å². The van der Waals surface area contributed by atoms with Crippen LogP contribution in [-0.4, -0.2) is 82.6 Å². The molecular formula is C63H49F2NO18. The Hall–Kier alpha value is -11.7. The number of hydrogen-bond acceptors (Lipinski definition) is 17. The number of nitro groups is 1. The summed E-state index contributed by atoms with van der Waals surface area (Å²) < 4.78 is 41.7. The lowest BCUT2D eigenvalue weighted by molar-refractivity contribution is -0.386. The van der Waals surface area contributed by atoms with Gasteiger partial charge < -0.3 is 59.8 Å². The lowest BCUT2D eigenvalue weighted by atomic mass is 10.0. The summed E-state index contributed by atoms with van der Waals surface area (Å²) in [6.45, 7) is 1.87. The molecule has 9 aromatic rings. The molecule has 0 atom stereocenters. The molecule has 8 aromatic carbocycles. The van der Waals surface area contributed by atoms with E-state index in [-0.39, 0.29) is 56.4 Å². The Morgan fingerprint density at radius 1 is 0.595 bits per heavy atom. The van der Waals surface area contributed by atoms with Gasteiger partial charge in [-0.1, -0.05) is 72.3 Å². The fourth-order valence-electron chi connectivity index (χ4n) is 7.50. The number of ketones is 2. The molecule has 0 aliphatic carbocycles. The van der Waals surface area contributed by atoms with Crippen molar-refractivity contribution in [1.29, 1.82) is 0 Å². The summed E-state index contributed by atoms with van der Waals surface area (Å²) in [5.74, 6) is -5.07. The number of carbonyl (C=O) groups is 3. The van der Waals surface area contributed by atoms with Gasteiger partial charge in [0.2, 0.25) is 5.75 Å². The molecular weight excluding hydrogens is 1100 g/mol. The number of aliphatic hydroxyl groups excluding tert-OH is 1. The van der Waals surface area contributed by atoms with Gasteiger partial charge in [0.25, 0.3) is 0 Å². The summed E-state index contributed by atoms with van der Waals surface area (Å²) in [5.41, 5.74) is 3.13. The van der Waals surface area contributed by atoms with E-state index >= 15 is 0 Å². The highest BCUT2D eigenvalue weighted by Crippen LogP contribution is 2.37. The molecule has 0 spiro atoms. The minimum Gasteiger partial charge on any atom is -0.508 e. The van der Waals surface area contributed by atoms with E-state index in [9.17, 15) is 78.9 Å². The van der Waals surface area contributed by atoms with E-state index in [1.807, 2.05) is 6.92 Å². The molecule has 0 bridgehead atoms. The standard InChI is InChI=1S/C21H20O6.C15H10O4.C14H11NO5.C13H8F2O3/c1-26-20-11-14(5-9-18(20)24)3-7-16(22)13-17(23)8-4-15-6-10-19(25)21(12-15)27-2;16-10-3-1-9(2-4-10)13-8-19-14-7-11(17)5-6-12(14)15(13)18;1-8-2-4-9(5-3-8)13(17)10-6-11(15(19)20)14(18)12(16)7-10;14-8-2-3-9(11(15)6-8)7-1-4-12(16)10(5-7)13(17)18/h3-13,22,24-25H,1-2H3;1-8,16-17H;2-7,16,18H,1H3;1-6,16H,(H,17,18)/b7-3+,8-4+,16-13?;;;. The van der Waals surface area contributed by atoms with Crippen molar-refractivity contribution in [2.45, 2.75) is 6.92 Å². The number of aromatic carboxylic acids is 1. The largest absolute Gasteiger partial charge is 0.508 e. The Bertz CT molecular complexity index is 4080. The SMILES string of the molecule is COc1cc(/C=C/C(=O)C=C(O)/C=C/c2ccc(O)c(OC)c2)ccc1O.Cc1ccc(C(=O)c2cc(O)c(O)c([N+](=O)[O-])c2)cc1.O=C(O)c1cc(-c2ccc(F)cc2F)ccc1O.O=c1c(-c2ccc(O)cc2)coc2cc(O)ccc12. The Labute approximate surface area is 475 Å². The van der Waals surface area contributed by atoms with Crippen LogP contribution in [0.1, 0.15) is 43.0 Å². The smallest absolute Gasteiger partial charge is 0.339 e. The van der Waals surface area contributed by atoms with Crippen molar-refractivity contribution < 1.29 is 87.9 Å². The predicted molar refractivity (Wildman–Crippen MR) is 306 cm³/mol. The highest BCUT2D eigenvalue weighted by molar-refractivity contribution is 6.10. The number of ether oxygens (including phenoxy) is 2. The van der Waals surface area contributed by atoms with Crippen molar-refractivity contribution in [2.24, 2.45) is 0 Å². The lowest BCUT2D eigenvalue weighted by Gasteiger charge is -2.06. The molecule has 9 N–H and O–H groups in total. The number of aromatic hydroxyl groups is 7. The van der Waals surface area contributed by atoms with Crippen LogP contribution in [0.4, 0.5) is 14.5 Å². The topological polar surface area (TPSA) is 325 Å². The summed E-state index contributed by atoms with van der Waals surface area (Å²) >= 11 is 0. The number of aryl methyl sites for hydroxylation is 1. The van der Waals surface area contributed by atoms with Crippen LogP contribution in [-0.2, 0) is 4.79 Å². The molecule has 0 radical (unpaired) electrons. The second kappa shape index (κ2) is 27.9. The number of allylic oxidation sites excluding steroid dienone is 3. The number of phenols is 7. The molecule has 19 nitrogen and oxygen atoms in total. The molecule has 0 aliphatic rings. The van der Waals surface area contributed by atoms with E-state index < -0.39 is 57.0 Å². The molecule has 0 saturated heterocycles. The van der Waals surface area contributed by atoms with Crippen molar-refractivity contribution >= 4 is 46.3 Å². The fraction of sp³-hybridized carbons (Fsp3) is 0.0476. The first kappa shape index (κ1) is 61.5. The Morgan fingerprint density at radius 2 is 1.18 bits per heavy atom. The quantitative estimate of drug-likeness (QED) is 0.00985. The number of aliphatic hydroxyl groups is 1. The van der Waals surface area contributed by atoms with Gasteiger partial charge in [0.1, 0.15) is 52.1 Å². The average Bonchev–Trinajstić information content (AvgIpc) is 2.81. The van der Waals surface area contributed by atoms with Crippen LogP contribution < -0.4 is 14.9 Å². The van der Waals surface area contributed by atoms with Gasteiger partial charge >= 0.3 is 11.7 Å². The Balaban J connectivity index is 0.000000182. The minimum atomic E-state index is -1.32. The number of nitrogens with zero attached hydrogens (tertiary/aromatic N) is 1. The van der Waals surface area contributed by atoms with E-state index in [4.69, 9.17) is 19.0 Å². The van der Waals surface area contributed by atoms with Crippen LogP contribution >= 0.6 is 0 Å². The van der Waals surface area contributed by atoms with Crippen molar-refractivity contribution in [3.63, 3.8) is 0 Å². The third-order valence-electron chi connectivity index (χ3n) is 11.8. The van der Waals surface area contributed by atoms with Crippen molar-refractivity contribution in [3.05, 3.63) is 247 Å². The highest BCUT2D eigenvalue weighted by atomic mass is 19.1. The molecule has 0 saturated carbocycles. The van der Waals surface area contributed by atoms with Gasteiger partial charge in [0.05, 0.1) is 30.1 Å². The summed E-state index contributed by atoms with van der Waals surface area (Å²) in [6.07, 6.45) is 8.21. The van der Waals surface area contributed by atoms with E-state index in [1.165, 1.54) is 87.2 Å². The average molecular weight is 1150 g/mol. The summed E-state index contributed by atoms with van der Waals surface area (Å²) in [6, 6.07) is 35.3. The zero-order valence-corrected chi connectivity index (χ0v) is 44.3. The highest BCUT2D eigenvalue weighted by Gasteiger charge is 2.22. The van der Waals surface area contributed by atoms with E-state index in [2.05, 4.69) is 0 Å². The van der Waals surface area contributed by atoms with Crippen molar-refractivity contribution in [1.82, 2.24) is 0 Å². The maximum Gasteiger partial charge on any atom is 0.339 e. The Kier molecular flexibility index (Phi) is 20.4. The number of carboxylic acid groups (broad SMARTS) is 1. The zero-order valence-electron chi connectivity index (χ0n) is 44.3. The van der Waals surface area contributed by atoms with Crippen LogP contribution in [0.2, 0.25) is 0 Å². The van der Waals surface area contributed by atoms with Crippen LogP contribution in [0.15, 0.2) is 191 Å². The first-order chi connectivity index (χ1) is 40.0. The summed E-state index contributed by atoms with van der Waals surface area (Å²) in [7, 11) is 2.87. The van der Waals surface area contributed by atoms with E-state index in [1.54, 1.807) is 72.8 Å². The van der Waals surface area contributed by atoms with Crippen molar-refractivity contribution in [2.75, 3.05) is 14.2 Å². The number of carboxylic acids is 1. The Morgan fingerprint density at radius 3 is 1.76 bits per heavy atom. The molecule has 0 amide bonds. The predicted octanol–water partition coefficient (Wildman–Crippen LogP) is 12.3. The monoisotopic (exact) mass is 1150 g/mol. The maximum absolute atomic E-state index is 13.5. The number of benzene rings is 8. The third kappa shape index (κ3) is 16.2. The molecule has 428 valence electrons. The molecule has 21 heteroatoms. The van der Waals surface area contributed by atoms with Gasteiger partial charge in [0, 0.05) is 41.0 Å². The lowest BCUT2D eigenvalue weighted by Crippen LogP contribution is -2.04. The van der Waals surface area contributed by atoms with Crippen LogP contribution in [0.25, 0.3) is 45.4 Å². The van der Waals surface area contributed by atoms with E-state index in [0.29, 0.717) is 56.4 Å². The second-order valence-electron chi connectivity index (χ2n) is 17.7. The normalized spacial score (nSPS) is 10.9. The number of methoxy groups -OCH3 is 2. The van der Waals surface area contributed by atoms with Crippen LogP contribution in [0.5, 0.6) is 51.7 Å². The van der Waals surface area contributed by atoms with Gasteiger partial charge in [-0.2, -0.15) is 0 Å². The first-order valence-electron chi connectivity index (χ1n) is 24.4. The number of halogens is 2. The fourth-order valence-corrected chi connectivity index (χ4v) is 7.50. The summed E-state index contributed by atoms with van der Waals surface area (Å²) in [4.78, 5) is 57.1. The number of rotatable bonds is 13.